The van der Waals surface area contributed by atoms with Crippen LogP contribution in [-0.4, -0.2) is 17.3 Å². The molecule has 74 valence electrons. The number of hydrogen-bond acceptors (Lipinski definition) is 3. The van der Waals surface area contributed by atoms with Crippen LogP contribution in [-0.2, 0) is 14.4 Å². The van der Waals surface area contributed by atoms with Crippen LogP contribution in [0.25, 0.3) is 0 Å². The van der Waals surface area contributed by atoms with Gasteiger partial charge in [-0.2, -0.15) is 0 Å². The summed E-state index contributed by atoms with van der Waals surface area (Å²) in [6.45, 7) is 3.50. The molecule has 0 amide bonds. The fraction of sp³-hybridized carbons (Fsp3) is 0.700. The first kappa shape index (κ1) is 12.0. The zero-order valence-corrected chi connectivity index (χ0v) is 8.26. The lowest BCUT2D eigenvalue weighted by Crippen LogP contribution is -2.08. The third-order valence-electron chi connectivity index (χ3n) is 1.87. The summed E-state index contributed by atoms with van der Waals surface area (Å²) in [5, 5.41) is 0. The smallest absolute Gasteiger partial charge is 0.140 e. The first-order valence-electron chi connectivity index (χ1n) is 4.65. The molecule has 0 rings (SSSR count). The van der Waals surface area contributed by atoms with Crippen LogP contribution in [0.3, 0.4) is 0 Å². The number of carbonyl (C=O) groups excluding carboxylic acids is 3. The first-order valence-corrected chi connectivity index (χ1v) is 4.65. The van der Waals surface area contributed by atoms with Crippen molar-refractivity contribution in [2.45, 2.75) is 46.0 Å². The molecule has 0 radical (unpaired) electrons. The molecule has 0 saturated heterocycles. The first-order chi connectivity index (χ1) is 6.10. The maximum Gasteiger partial charge on any atom is 0.140 e. The van der Waals surface area contributed by atoms with Gasteiger partial charge in [-0.1, -0.05) is 13.8 Å². The molecule has 13 heavy (non-hydrogen) atoms. The minimum absolute atomic E-state index is 0.00645. The summed E-state index contributed by atoms with van der Waals surface area (Å²) < 4.78 is 0. The second-order valence-corrected chi connectivity index (χ2v) is 3.00. The Morgan fingerprint density at radius 2 is 1.23 bits per heavy atom. The van der Waals surface area contributed by atoms with E-state index in [0.717, 1.165) is 0 Å². The van der Waals surface area contributed by atoms with Gasteiger partial charge >= 0.3 is 0 Å². The molecule has 0 aromatic carbocycles. The summed E-state index contributed by atoms with van der Waals surface area (Å²) in [6, 6.07) is 0. The molecule has 0 atom stereocenters. The number of carbonyl (C=O) groups is 3. The SMILES string of the molecule is CCC(=O)CCC(=O)CC(=O)CC. The highest BCUT2D eigenvalue weighted by molar-refractivity contribution is 6.00. The third kappa shape index (κ3) is 6.20. The molecule has 0 aliphatic carbocycles. The van der Waals surface area contributed by atoms with E-state index in [9.17, 15) is 14.4 Å². The quantitative estimate of drug-likeness (QED) is 0.566. The van der Waals surface area contributed by atoms with Crippen molar-refractivity contribution in [3.63, 3.8) is 0 Å². The number of rotatable bonds is 7. The molecule has 0 aliphatic rings. The second-order valence-electron chi connectivity index (χ2n) is 3.00. The summed E-state index contributed by atoms with van der Waals surface area (Å²) in [4.78, 5) is 32.7. The highest BCUT2D eigenvalue weighted by Crippen LogP contribution is 2.00. The van der Waals surface area contributed by atoms with E-state index in [-0.39, 0.29) is 36.6 Å². The number of ketones is 3. The molecule has 0 aromatic rings. The zero-order chi connectivity index (χ0) is 10.3. The topological polar surface area (TPSA) is 51.2 Å². The Morgan fingerprint density at radius 1 is 0.769 bits per heavy atom. The highest BCUT2D eigenvalue weighted by Gasteiger charge is 2.09. The Labute approximate surface area is 78.5 Å². The lowest BCUT2D eigenvalue weighted by Gasteiger charge is -1.97. The molecule has 0 N–H and O–H groups in total. The second kappa shape index (κ2) is 6.52. The third-order valence-corrected chi connectivity index (χ3v) is 1.87. The molecule has 0 unspecified atom stereocenters. The van der Waals surface area contributed by atoms with Crippen molar-refractivity contribution in [2.24, 2.45) is 0 Å². The maximum atomic E-state index is 11.1. The van der Waals surface area contributed by atoms with Crippen molar-refractivity contribution < 1.29 is 14.4 Å². The van der Waals surface area contributed by atoms with E-state index in [1.165, 1.54) is 0 Å². The van der Waals surface area contributed by atoms with Crippen molar-refractivity contribution >= 4 is 17.3 Å². The highest BCUT2D eigenvalue weighted by atomic mass is 16.1. The van der Waals surface area contributed by atoms with Crippen molar-refractivity contribution in [1.82, 2.24) is 0 Å². The average Bonchev–Trinajstić information content (AvgIpc) is 2.13. The van der Waals surface area contributed by atoms with Gasteiger partial charge in [0.15, 0.2) is 0 Å². The lowest BCUT2D eigenvalue weighted by atomic mass is 10.1. The molecule has 3 heteroatoms. The summed E-state index contributed by atoms with van der Waals surface area (Å²) >= 11 is 0. The molecule has 0 aliphatic heterocycles. The van der Waals surface area contributed by atoms with Crippen molar-refractivity contribution in [2.75, 3.05) is 0 Å². The Morgan fingerprint density at radius 3 is 1.69 bits per heavy atom. The molecule has 0 fully saturated rings. The Bertz CT molecular complexity index is 206. The number of hydrogen-bond donors (Lipinski definition) is 0. The molecule has 0 bridgehead atoms. The van der Waals surface area contributed by atoms with E-state index in [4.69, 9.17) is 0 Å². The lowest BCUT2D eigenvalue weighted by molar-refractivity contribution is -0.128. The van der Waals surface area contributed by atoms with Crippen molar-refractivity contribution in [1.29, 1.82) is 0 Å². The molecule has 0 aromatic heterocycles. The van der Waals surface area contributed by atoms with E-state index < -0.39 is 0 Å². The van der Waals surface area contributed by atoms with Crippen LogP contribution >= 0.6 is 0 Å². The van der Waals surface area contributed by atoms with Crippen LogP contribution < -0.4 is 0 Å². The van der Waals surface area contributed by atoms with Gasteiger partial charge in [0.25, 0.3) is 0 Å². The van der Waals surface area contributed by atoms with Gasteiger partial charge < -0.3 is 0 Å². The van der Waals surface area contributed by atoms with Crippen molar-refractivity contribution in [3.8, 4) is 0 Å². The Balaban J connectivity index is 3.63. The fourth-order valence-corrected chi connectivity index (χ4v) is 0.889. The van der Waals surface area contributed by atoms with E-state index in [1.54, 1.807) is 13.8 Å². The normalized spacial score (nSPS) is 9.69. The van der Waals surface area contributed by atoms with Crippen LogP contribution in [0.2, 0.25) is 0 Å². The summed E-state index contributed by atoms with van der Waals surface area (Å²) in [6.07, 6.45) is 1.36. The summed E-state index contributed by atoms with van der Waals surface area (Å²) in [5.41, 5.74) is 0. The van der Waals surface area contributed by atoms with Crippen LogP contribution in [0, 0.1) is 0 Å². The van der Waals surface area contributed by atoms with Gasteiger partial charge in [-0.15, -0.1) is 0 Å². The monoisotopic (exact) mass is 184 g/mol. The summed E-state index contributed by atoms with van der Waals surface area (Å²) in [7, 11) is 0. The molecular formula is C10H16O3. The van der Waals surface area contributed by atoms with Gasteiger partial charge in [-0.05, 0) is 0 Å². The van der Waals surface area contributed by atoms with E-state index in [1.807, 2.05) is 0 Å². The van der Waals surface area contributed by atoms with E-state index >= 15 is 0 Å². The average molecular weight is 184 g/mol. The summed E-state index contributed by atoms with van der Waals surface area (Å²) in [5.74, 6) is -0.0834. The molecule has 0 spiro atoms. The van der Waals surface area contributed by atoms with Gasteiger partial charge in [-0.25, -0.2) is 0 Å². The van der Waals surface area contributed by atoms with Crippen molar-refractivity contribution in [3.05, 3.63) is 0 Å². The minimum atomic E-state index is -0.117. The van der Waals surface area contributed by atoms with Crippen LogP contribution in [0.15, 0.2) is 0 Å². The molecule has 0 saturated carbocycles. The van der Waals surface area contributed by atoms with E-state index in [0.29, 0.717) is 12.8 Å². The standard InChI is InChI=1S/C10H16O3/c1-3-8(11)5-6-10(13)7-9(12)4-2/h3-7H2,1-2H3. The minimum Gasteiger partial charge on any atom is -0.300 e. The van der Waals surface area contributed by atoms with Gasteiger partial charge in [0, 0.05) is 25.7 Å². The Hall–Kier alpha value is -0.990. The molecule has 3 nitrogen and oxygen atoms in total. The van der Waals surface area contributed by atoms with Gasteiger partial charge in [0.1, 0.15) is 17.3 Å². The molecule has 0 heterocycles. The predicted molar refractivity (Wildman–Crippen MR) is 49.5 cm³/mol. The van der Waals surface area contributed by atoms with Gasteiger partial charge in [-0.3, -0.25) is 14.4 Å². The zero-order valence-electron chi connectivity index (χ0n) is 8.26. The fourth-order valence-electron chi connectivity index (χ4n) is 0.889. The van der Waals surface area contributed by atoms with Crippen LogP contribution in [0.4, 0.5) is 0 Å². The maximum absolute atomic E-state index is 11.1. The van der Waals surface area contributed by atoms with Gasteiger partial charge in [0.2, 0.25) is 0 Å². The van der Waals surface area contributed by atoms with Gasteiger partial charge in [0.05, 0.1) is 6.42 Å². The Kier molecular flexibility index (Phi) is 6.02. The van der Waals surface area contributed by atoms with E-state index in [2.05, 4.69) is 0 Å². The molecular weight excluding hydrogens is 168 g/mol. The largest absolute Gasteiger partial charge is 0.300 e. The predicted octanol–water partition coefficient (Wildman–Crippen LogP) is 1.68. The number of Topliss-reactive ketones (excluding diaryl/α,β-unsaturated/α-hetero) is 3. The van der Waals surface area contributed by atoms with Crippen LogP contribution in [0.1, 0.15) is 46.0 Å². The van der Waals surface area contributed by atoms with Crippen LogP contribution in [0.5, 0.6) is 0 Å².